The van der Waals surface area contributed by atoms with E-state index in [9.17, 15) is 9.59 Å². The summed E-state index contributed by atoms with van der Waals surface area (Å²) in [6.45, 7) is 0.337. The minimum Gasteiger partial charge on any atom is -0.476 e. The minimum atomic E-state index is -1.06. The molecule has 0 aliphatic carbocycles. The third-order valence-corrected chi connectivity index (χ3v) is 3.30. The van der Waals surface area contributed by atoms with Crippen LogP contribution in [0.15, 0.2) is 21.9 Å². The molecule has 2 heterocycles. The Morgan fingerprint density at radius 3 is 2.84 bits per heavy atom. The van der Waals surface area contributed by atoms with Gasteiger partial charge in [0, 0.05) is 18.3 Å². The molecule has 6 nitrogen and oxygen atoms in total. The lowest BCUT2D eigenvalue weighted by atomic mass is 10.4. The van der Waals surface area contributed by atoms with Crippen molar-refractivity contribution >= 4 is 34.8 Å². The van der Waals surface area contributed by atoms with Crippen molar-refractivity contribution in [1.82, 2.24) is 10.3 Å². The average Bonchev–Trinajstić information content (AvgIpc) is 2.98. The van der Waals surface area contributed by atoms with Crippen LogP contribution in [0.2, 0.25) is 5.22 Å². The smallest absolute Gasteiger partial charge is 0.355 e. The van der Waals surface area contributed by atoms with E-state index in [0.29, 0.717) is 18.0 Å². The zero-order valence-electron chi connectivity index (χ0n) is 9.55. The number of aromatic carboxylic acids is 1. The Bertz CT molecular complexity index is 607. The number of carboxylic acids is 1. The zero-order valence-corrected chi connectivity index (χ0v) is 11.1. The SMILES string of the molecule is O=C(O)c1csc(CCNC(=O)c2ccc(Cl)o2)n1. The van der Waals surface area contributed by atoms with Gasteiger partial charge in [-0.2, -0.15) is 0 Å². The van der Waals surface area contributed by atoms with Crippen molar-refractivity contribution in [3.05, 3.63) is 39.2 Å². The second kappa shape index (κ2) is 5.85. The standard InChI is InChI=1S/C11H9ClN2O4S/c12-8-2-1-7(18-8)10(15)13-4-3-9-14-6(5-19-9)11(16)17/h1-2,5H,3-4H2,(H,13,15)(H,16,17). The summed E-state index contributed by atoms with van der Waals surface area (Å²) in [5.74, 6) is -1.30. The van der Waals surface area contributed by atoms with Gasteiger partial charge in [0.2, 0.25) is 0 Å². The lowest BCUT2D eigenvalue weighted by Gasteiger charge is -2.00. The van der Waals surface area contributed by atoms with Crippen LogP contribution in [0.1, 0.15) is 26.1 Å². The fraction of sp³-hybridized carbons (Fsp3) is 0.182. The molecule has 0 fully saturated rings. The number of rotatable bonds is 5. The highest BCUT2D eigenvalue weighted by Gasteiger charge is 2.11. The molecule has 0 unspecified atom stereocenters. The van der Waals surface area contributed by atoms with Crippen LogP contribution in [-0.2, 0) is 6.42 Å². The number of thiazole rings is 1. The van der Waals surface area contributed by atoms with E-state index in [0.717, 1.165) is 0 Å². The number of carbonyl (C=O) groups is 2. The third kappa shape index (κ3) is 3.55. The monoisotopic (exact) mass is 300 g/mol. The van der Waals surface area contributed by atoms with Crippen molar-refractivity contribution in [2.75, 3.05) is 6.54 Å². The molecule has 2 aromatic rings. The first kappa shape index (κ1) is 13.6. The second-order valence-corrected chi connectivity index (χ2v) is 4.86. The first-order valence-electron chi connectivity index (χ1n) is 5.27. The lowest BCUT2D eigenvalue weighted by molar-refractivity contribution is 0.0690. The summed E-state index contributed by atoms with van der Waals surface area (Å²) in [5.41, 5.74) is 0.0177. The molecule has 1 amide bonds. The van der Waals surface area contributed by atoms with Gasteiger partial charge in [-0.05, 0) is 23.7 Å². The highest BCUT2D eigenvalue weighted by atomic mass is 35.5. The van der Waals surface area contributed by atoms with E-state index < -0.39 is 5.97 Å². The number of hydrogen-bond donors (Lipinski definition) is 2. The number of halogens is 1. The van der Waals surface area contributed by atoms with Crippen molar-refractivity contribution in [2.45, 2.75) is 6.42 Å². The predicted molar refractivity (Wildman–Crippen MR) is 68.8 cm³/mol. The molecule has 0 saturated carbocycles. The summed E-state index contributed by atoms with van der Waals surface area (Å²) in [6.07, 6.45) is 0.456. The maximum Gasteiger partial charge on any atom is 0.355 e. The molecule has 2 aromatic heterocycles. The van der Waals surface area contributed by atoms with E-state index >= 15 is 0 Å². The van der Waals surface area contributed by atoms with Crippen LogP contribution >= 0.6 is 22.9 Å². The maximum atomic E-state index is 11.6. The largest absolute Gasteiger partial charge is 0.476 e. The highest BCUT2D eigenvalue weighted by molar-refractivity contribution is 7.09. The van der Waals surface area contributed by atoms with Crippen molar-refractivity contribution in [2.24, 2.45) is 0 Å². The Balaban J connectivity index is 1.83. The van der Waals surface area contributed by atoms with E-state index in [4.69, 9.17) is 21.1 Å². The number of amides is 1. The Labute approximate surface area is 117 Å². The maximum absolute atomic E-state index is 11.6. The van der Waals surface area contributed by atoms with Crippen molar-refractivity contribution in [3.8, 4) is 0 Å². The number of nitrogens with zero attached hydrogens (tertiary/aromatic N) is 1. The van der Waals surface area contributed by atoms with E-state index in [-0.39, 0.29) is 22.6 Å². The summed E-state index contributed by atoms with van der Waals surface area (Å²) in [6, 6.07) is 2.96. The summed E-state index contributed by atoms with van der Waals surface area (Å²) in [5, 5.41) is 13.6. The average molecular weight is 301 g/mol. The van der Waals surface area contributed by atoms with Gasteiger partial charge in [0.05, 0.1) is 5.01 Å². The van der Waals surface area contributed by atoms with Gasteiger partial charge in [-0.3, -0.25) is 4.79 Å². The molecule has 0 bridgehead atoms. The Hall–Kier alpha value is -1.86. The molecule has 0 atom stereocenters. The zero-order chi connectivity index (χ0) is 13.8. The number of aromatic nitrogens is 1. The lowest BCUT2D eigenvalue weighted by Crippen LogP contribution is -2.25. The van der Waals surface area contributed by atoms with E-state index in [1.54, 1.807) is 0 Å². The van der Waals surface area contributed by atoms with Crippen LogP contribution < -0.4 is 5.32 Å². The molecule has 19 heavy (non-hydrogen) atoms. The molecule has 2 N–H and O–H groups in total. The predicted octanol–water partition coefficient (Wildman–Crippen LogP) is 2.06. The quantitative estimate of drug-likeness (QED) is 0.881. The summed E-state index contributed by atoms with van der Waals surface area (Å²) < 4.78 is 4.95. The summed E-state index contributed by atoms with van der Waals surface area (Å²) in [7, 11) is 0. The van der Waals surface area contributed by atoms with Gasteiger partial charge < -0.3 is 14.8 Å². The Morgan fingerprint density at radius 1 is 1.47 bits per heavy atom. The normalized spacial score (nSPS) is 10.4. The van der Waals surface area contributed by atoms with Crippen LogP contribution in [0.25, 0.3) is 0 Å². The topological polar surface area (TPSA) is 92.4 Å². The number of hydrogen-bond acceptors (Lipinski definition) is 5. The minimum absolute atomic E-state index is 0.0177. The summed E-state index contributed by atoms with van der Waals surface area (Å²) in [4.78, 5) is 26.1. The van der Waals surface area contributed by atoms with Gasteiger partial charge in [-0.1, -0.05) is 0 Å². The van der Waals surface area contributed by atoms with Gasteiger partial charge in [0.25, 0.3) is 5.91 Å². The molecule has 0 aromatic carbocycles. The van der Waals surface area contributed by atoms with Crippen LogP contribution in [0.4, 0.5) is 0 Å². The van der Waals surface area contributed by atoms with Crippen LogP contribution in [0.5, 0.6) is 0 Å². The number of nitrogens with one attached hydrogen (secondary N) is 1. The number of furan rings is 1. The molecule has 0 saturated heterocycles. The molecule has 0 aliphatic heterocycles. The van der Waals surface area contributed by atoms with E-state index in [1.807, 2.05) is 0 Å². The molecule has 0 aliphatic rings. The van der Waals surface area contributed by atoms with Crippen LogP contribution in [0, 0.1) is 0 Å². The molecule has 100 valence electrons. The van der Waals surface area contributed by atoms with Crippen molar-refractivity contribution in [1.29, 1.82) is 0 Å². The molecular formula is C11H9ClN2O4S. The van der Waals surface area contributed by atoms with Gasteiger partial charge in [-0.25, -0.2) is 9.78 Å². The molecule has 2 rings (SSSR count). The Morgan fingerprint density at radius 2 is 2.26 bits per heavy atom. The third-order valence-electron chi connectivity index (χ3n) is 2.19. The Kier molecular flexibility index (Phi) is 4.18. The van der Waals surface area contributed by atoms with Gasteiger partial charge in [0.15, 0.2) is 16.7 Å². The van der Waals surface area contributed by atoms with E-state index in [2.05, 4.69) is 10.3 Å². The van der Waals surface area contributed by atoms with E-state index in [1.165, 1.54) is 28.8 Å². The van der Waals surface area contributed by atoms with Crippen LogP contribution in [0.3, 0.4) is 0 Å². The first-order valence-corrected chi connectivity index (χ1v) is 6.53. The van der Waals surface area contributed by atoms with Gasteiger partial charge >= 0.3 is 5.97 Å². The van der Waals surface area contributed by atoms with Gasteiger partial charge in [0.1, 0.15) is 0 Å². The molecular weight excluding hydrogens is 292 g/mol. The number of carboxylic acid groups (broad SMARTS) is 1. The van der Waals surface area contributed by atoms with Gasteiger partial charge in [-0.15, -0.1) is 11.3 Å². The van der Waals surface area contributed by atoms with Crippen molar-refractivity contribution < 1.29 is 19.1 Å². The second-order valence-electron chi connectivity index (χ2n) is 3.54. The molecule has 0 spiro atoms. The fourth-order valence-electron chi connectivity index (χ4n) is 1.33. The molecule has 8 heteroatoms. The number of carbonyl (C=O) groups excluding carboxylic acids is 1. The van der Waals surface area contributed by atoms with Crippen molar-refractivity contribution in [3.63, 3.8) is 0 Å². The summed E-state index contributed by atoms with van der Waals surface area (Å²) >= 11 is 6.80. The van der Waals surface area contributed by atoms with Crippen LogP contribution in [-0.4, -0.2) is 28.5 Å². The molecule has 0 radical (unpaired) electrons. The fourth-order valence-corrected chi connectivity index (χ4v) is 2.25. The highest BCUT2D eigenvalue weighted by Crippen LogP contribution is 2.13. The first-order chi connectivity index (χ1) is 9.06.